The van der Waals surface area contributed by atoms with Crippen LogP contribution in [-0.4, -0.2) is 0 Å². The molecule has 0 aromatic heterocycles. The maximum absolute atomic E-state index is 3.45. The van der Waals surface area contributed by atoms with Gasteiger partial charge in [0.2, 0.25) is 0 Å². The third-order valence-corrected chi connectivity index (χ3v) is 4.09. The van der Waals surface area contributed by atoms with Crippen LogP contribution in [0.5, 0.6) is 0 Å². The predicted molar refractivity (Wildman–Crippen MR) is 74.9 cm³/mol. The van der Waals surface area contributed by atoms with Crippen LogP contribution in [0.1, 0.15) is 17.7 Å². The lowest BCUT2D eigenvalue weighted by Gasteiger charge is -2.11. The normalized spacial score (nSPS) is 12.4. The molecule has 0 spiro atoms. The zero-order valence-corrected chi connectivity index (χ0v) is 11.5. The predicted octanol–water partition coefficient (Wildman–Crippen LogP) is 5.30. The van der Waals surface area contributed by atoms with Crippen LogP contribution in [0.25, 0.3) is 0 Å². The first-order valence-corrected chi connectivity index (χ1v) is 6.90. The van der Waals surface area contributed by atoms with Crippen molar-refractivity contribution >= 4 is 27.7 Å². The van der Waals surface area contributed by atoms with E-state index in [4.69, 9.17) is 0 Å². The Labute approximate surface area is 109 Å². The zero-order valence-electron chi connectivity index (χ0n) is 9.06. The largest absolute Gasteiger partial charge is 0.118 e. The summed E-state index contributed by atoms with van der Waals surface area (Å²) < 4.78 is 1.13. The first-order chi connectivity index (χ1) is 7.75. The number of rotatable bonds is 3. The minimum Gasteiger partial charge on any atom is -0.118 e. The van der Waals surface area contributed by atoms with Crippen LogP contribution in [0.3, 0.4) is 0 Å². The van der Waals surface area contributed by atoms with Gasteiger partial charge in [0.1, 0.15) is 0 Å². The molecule has 1 atom stereocenters. The molecule has 2 aromatic carbocycles. The van der Waals surface area contributed by atoms with Crippen LogP contribution < -0.4 is 0 Å². The van der Waals surface area contributed by atoms with Gasteiger partial charge in [0.25, 0.3) is 0 Å². The van der Waals surface area contributed by atoms with Crippen LogP contribution in [0.4, 0.5) is 0 Å². The van der Waals surface area contributed by atoms with Crippen molar-refractivity contribution in [2.45, 2.75) is 17.1 Å². The van der Waals surface area contributed by atoms with E-state index in [0.717, 1.165) is 4.47 Å². The van der Waals surface area contributed by atoms with Crippen molar-refractivity contribution in [2.24, 2.45) is 0 Å². The van der Waals surface area contributed by atoms with Crippen LogP contribution in [0.15, 0.2) is 64.0 Å². The Bertz CT molecular complexity index is 436. The number of thioether (sulfide) groups is 1. The number of hydrogen-bond donors (Lipinski definition) is 0. The van der Waals surface area contributed by atoms with Crippen molar-refractivity contribution in [2.75, 3.05) is 0 Å². The summed E-state index contributed by atoms with van der Waals surface area (Å²) in [4.78, 5) is 1.31. The quantitative estimate of drug-likeness (QED) is 0.692. The lowest BCUT2D eigenvalue weighted by atomic mass is 10.2. The van der Waals surface area contributed by atoms with Crippen LogP contribution in [0, 0.1) is 0 Å². The SMILES string of the molecule is CC(Sc1ccc(Br)cc1)c1ccccc1. The fourth-order valence-electron chi connectivity index (χ4n) is 1.51. The number of benzene rings is 2. The van der Waals surface area contributed by atoms with Gasteiger partial charge in [-0.25, -0.2) is 0 Å². The molecule has 16 heavy (non-hydrogen) atoms. The molecule has 0 bridgehead atoms. The molecule has 0 heterocycles. The highest BCUT2D eigenvalue weighted by molar-refractivity contribution is 9.10. The molecule has 2 aromatic rings. The van der Waals surface area contributed by atoms with Gasteiger partial charge < -0.3 is 0 Å². The Kier molecular flexibility index (Phi) is 4.08. The lowest BCUT2D eigenvalue weighted by molar-refractivity contribution is 1.10. The summed E-state index contributed by atoms with van der Waals surface area (Å²) in [6.07, 6.45) is 0. The van der Waals surface area contributed by atoms with Crippen molar-refractivity contribution in [1.29, 1.82) is 0 Å². The average Bonchev–Trinajstić information content (AvgIpc) is 2.33. The second-order valence-corrected chi connectivity index (χ2v) is 5.95. The van der Waals surface area contributed by atoms with E-state index in [1.165, 1.54) is 10.5 Å². The Morgan fingerprint density at radius 2 is 1.56 bits per heavy atom. The fraction of sp³-hybridized carbons (Fsp3) is 0.143. The van der Waals surface area contributed by atoms with E-state index in [1.807, 2.05) is 11.8 Å². The number of halogens is 1. The molecule has 0 nitrogen and oxygen atoms in total. The van der Waals surface area contributed by atoms with Crippen molar-refractivity contribution in [3.8, 4) is 0 Å². The molecule has 0 radical (unpaired) electrons. The molecule has 1 unspecified atom stereocenters. The van der Waals surface area contributed by atoms with Crippen molar-refractivity contribution < 1.29 is 0 Å². The molecule has 0 saturated carbocycles. The van der Waals surface area contributed by atoms with Crippen molar-refractivity contribution in [1.82, 2.24) is 0 Å². The van der Waals surface area contributed by atoms with E-state index < -0.39 is 0 Å². The third-order valence-electron chi connectivity index (χ3n) is 2.40. The van der Waals surface area contributed by atoms with Crippen molar-refractivity contribution in [3.63, 3.8) is 0 Å². The van der Waals surface area contributed by atoms with Crippen LogP contribution >= 0.6 is 27.7 Å². The molecule has 2 heteroatoms. The van der Waals surface area contributed by atoms with E-state index in [0.29, 0.717) is 5.25 Å². The van der Waals surface area contributed by atoms with Crippen LogP contribution in [0.2, 0.25) is 0 Å². The fourth-order valence-corrected chi connectivity index (χ4v) is 2.77. The molecule has 0 fully saturated rings. The molecule has 2 rings (SSSR count). The monoisotopic (exact) mass is 292 g/mol. The van der Waals surface area contributed by atoms with E-state index >= 15 is 0 Å². The van der Waals surface area contributed by atoms with Gasteiger partial charge in [-0.05, 0) is 36.8 Å². The first kappa shape index (κ1) is 11.7. The van der Waals surface area contributed by atoms with Gasteiger partial charge in [-0.2, -0.15) is 0 Å². The molecule has 0 aliphatic carbocycles. The highest BCUT2D eigenvalue weighted by atomic mass is 79.9. The van der Waals surface area contributed by atoms with Gasteiger partial charge in [-0.1, -0.05) is 46.3 Å². The Morgan fingerprint density at radius 3 is 2.19 bits per heavy atom. The second-order valence-electron chi connectivity index (χ2n) is 3.62. The third kappa shape index (κ3) is 3.13. The van der Waals surface area contributed by atoms with Gasteiger partial charge in [0.05, 0.1) is 0 Å². The lowest BCUT2D eigenvalue weighted by Crippen LogP contribution is -1.86. The molecule has 82 valence electrons. The summed E-state index contributed by atoms with van der Waals surface area (Å²) in [6.45, 7) is 2.24. The molecule has 0 amide bonds. The second kappa shape index (κ2) is 5.55. The molecule has 0 aliphatic heterocycles. The maximum Gasteiger partial charge on any atom is 0.0316 e. The first-order valence-electron chi connectivity index (χ1n) is 5.23. The molecular weight excluding hydrogens is 280 g/mol. The smallest absolute Gasteiger partial charge is 0.0316 e. The van der Waals surface area contributed by atoms with Crippen LogP contribution in [-0.2, 0) is 0 Å². The Balaban J connectivity index is 2.08. The van der Waals surface area contributed by atoms with E-state index in [-0.39, 0.29) is 0 Å². The number of hydrogen-bond acceptors (Lipinski definition) is 1. The highest BCUT2D eigenvalue weighted by Crippen LogP contribution is 2.34. The maximum atomic E-state index is 3.45. The van der Waals surface area contributed by atoms with Gasteiger partial charge in [-0.3, -0.25) is 0 Å². The van der Waals surface area contributed by atoms with Gasteiger partial charge in [0.15, 0.2) is 0 Å². The summed E-state index contributed by atoms with van der Waals surface area (Å²) in [5.74, 6) is 0. The summed E-state index contributed by atoms with van der Waals surface area (Å²) in [5, 5.41) is 0.488. The molecule has 0 saturated heterocycles. The molecule has 0 aliphatic rings. The highest BCUT2D eigenvalue weighted by Gasteiger charge is 2.06. The minimum atomic E-state index is 0.488. The Morgan fingerprint density at radius 1 is 0.938 bits per heavy atom. The summed E-state index contributed by atoms with van der Waals surface area (Å²) in [5.41, 5.74) is 1.37. The van der Waals surface area contributed by atoms with E-state index in [9.17, 15) is 0 Å². The topological polar surface area (TPSA) is 0 Å². The minimum absolute atomic E-state index is 0.488. The molecule has 0 N–H and O–H groups in total. The summed E-state index contributed by atoms with van der Waals surface area (Å²) in [6, 6.07) is 19.1. The summed E-state index contributed by atoms with van der Waals surface area (Å²) in [7, 11) is 0. The summed E-state index contributed by atoms with van der Waals surface area (Å²) >= 11 is 5.33. The standard InChI is InChI=1S/C14H13BrS/c1-11(12-5-3-2-4-6-12)16-14-9-7-13(15)8-10-14/h2-11H,1H3. The van der Waals surface area contributed by atoms with Crippen molar-refractivity contribution in [3.05, 3.63) is 64.6 Å². The van der Waals surface area contributed by atoms with Gasteiger partial charge in [0, 0.05) is 14.6 Å². The molecular formula is C14H13BrS. The van der Waals surface area contributed by atoms with Gasteiger partial charge >= 0.3 is 0 Å². The zero-order chi connectivity index (χ0) is 11.4. The van der Waals surface area contributed by atoms with E-state index in [2.05, 4.69) is 77.5 Å². The van der Waals surface area contributed by atoms with Gasteiger partial charge in [-0.15, -0.1) is 11.8 Å². The average molecular weight is 293 g/mol. The Hall–Kier alpha value is -0.730. The van der Waals surface area contributed by atoms with E-state index in [1.54, 1.807) is 0 Å².